The van der Waals surface area contributed by atoms with Gasteiger partial charge in [-0.1, -0.05) is 24.3 Å². The number of hydrogen-bond donors (Lipinski definition) is 2. The number of rotatable bonds is 6. The molecule has 5 nitrogen and oxygen atoms in total. The van der Waals surface area contributed by atoms with Crippen molar-refractivity contribution in [1.82, 2.24) is 10.3 Å². The molecular weight excluding hydrogens is 410 g/mol. The van der Waals surface area contributed by atoms with Crippen molar-refractivity contribution in [2.75, 3.05) is 24.5 Å². The normalized spacial score (nSPS) is 17.7. The van der Waals surface area contributed by atoms with Gasteiger partial charge in [-0.2, -0.15) is 0 Å². The molecule has 1 aromatic heterocycles. The SMILES string of the molecule is Cc1cc(N2CCCC2)ccc1-c1ccc2c(c1)CCN[C@@H]2CCc1cnccc1C(=O)O. The summed E-state index contributed by atoms with van der Waals surface area (Å²) >= 11 is 0. The van der Waals surface area contributed by atoms with E-state index in [1.165, 1.54) is 59.4 Å². The fourth-order valence-corrected chi connectivity index (χ4v) is 5.36. The van der Waals surface area contributed by atoms with E-state index in [-0.39, 0.29) is 6.04 Å². The largest absolute Gasteiger partial charge is 0.478 e. The topological polar surface area (TPSA) is 65.5 Å². The number of fused-ring (bicyclic) bond motifs is 1. The minimum Gasteiger partial charge on any atom is -0.478 e. The minimum absolute atomic E-state index is 0.225. The van der Waals surface area contributed by atoms with Crippen molar-refractivity contribution in [2.45, 2.75) is 45.1 Å². The molecule has 0 unspecified atom stereocenters. The van der Waals surface area contributed by atoms with Crippen LogP contribution in [0.1, 0.15) is 57.9 Å². The second-order valence-electron chi connectivity index (χ2n) is 9.24. The molecule has 0 amide bonds. The number of aryl methyl sites for hydroxylation is 2. The van der Waals surface area contributed by atoms with Crippen LogP contribution in [0.3, 0.4) is 0 Å². The van der Waals surface area contributed by atoms with Crippen LogP contribution in [-0.4, -0.2) is 35.7 Å². The summed E-state index contributed by atoms with van der Waals surface area (Å²) in [5.74, 6) is -0.889. The van der Waals surface area contributed by atoms with Gasteiger partial charge in [-0.25, -0.2) is 4.79 Å². The van der Waals surface area contributed by atoms with Crippen LogP contribution in [-0.2, 0) is 12.8 Å². The summed E-state index contributed by atoms with van der Waals surface area (Å²) in [5, 5.41) is 13.1. The van der Waals surface area contributed by atoms with Crippen LogP contribution < -0.4 is 10.2 Å². The zero-order chi connectivity index (χ0) is 22.8. The summed E-state index contributed by atoms with van der Waals surface area (Å²) in [4.78, 5) is 18.1. The molecule has 0 spiro atoms. The highest BCUT2D eigenvalue weighted by molar-refractivity contribution is 5.89. The lowest BCUT2D eigenvalue weighted by Gasteiger charge is -2.28. The van der Waals surface area contributed by atoms with E-state index in [2.05, 4.69) is 58.5 Å². The highest BCUT2D eigenvalue weighted by Crippen LogP contribution is 2.34. The van der Waals surface area contributed by atoms with E-state index in [4.69, 9.17) is 0 Å². The second kappa shape index (κ2) is 9.36. The molecule has 0 radical (unpaired) electrons. The second-order valence-corrected chi connectivity index (χ2v) is 9.24. The van der Waals surface area contributed by atoms with E-state index >= 15 is 0 Å². The van der Waals surface area contributed by atoms with Crippen LogP contribution in [0, 0.1) is 6.92 Å². The summed E-state index contributed by atoms with van der Waals surface area (Å²) in [5.41, 5.74) is 9.11. The molecule has 3 aromatic rings. The fourth-order valence-electron chi connectivity index (χ4n) is 5.36. The van der Waals surface area contributed by atoms with Crippen LogP contribution in [0.5, 0.6) is 0 Å². The third kappa shape index (κ3) is 4.51. The predicted octanol–water partition coefficient (Wildman–Crippen LogP) is 5.18. The first-order chi connectivity index (χ1) is 16.1. The molecule has 2 aromatic carbocycles. The van der Waals surface area contributed by atoms with Gasteiger partial charge in [-0.3, -0.25) is 4.98 Å². The number of benzene rings is 2. The van der Waals surface area contributed by atoms with Crippen LogP contribution in [0.25, 0.3) is 11.1 Å². The molecule has 1 saturated heterocycles. The number of hydrogen-bond acceptors (Lipinski definition) is 4. The molecule has 3 heterocycles. The van der Waals surface area contributed by atoms with Crippen molar-refractivity contribution < 1.29 is 9.90 Å². The van der Waals surface area contributed by atoms with Gasteiger partial charge in [0.1, 0.15) is 0 Å². The van der Waals surface area contributed by atoms with Crippen molar-refractivity contribution >= 4 is 11.7 Å². The summed E-state index contributed by atoms with van der Waals surface area (Å²) in [6.45, 7) is 5.48. The number of pyridine rings is 1. The van der Waals surface area contributed by atoms with E-state index in [9.17, 15) is 9.90 Å². The van der Waals surface area contributed by atoms with Crippen molar-refractivity contribution in [1.29, 1.82) is 0 Å². The Hall–Kier alpha value is -3.18. The molecule has 2 aliphatic heterocycles. The highest BCUT2D eigenvalue weighted by Gasteiger charge is 2.21. The smallest absolute Gasteiger partial charge is 0.336 e. The lowest BCUT2D eigenvalue weighted by atomic mass is 9.87. The van der Waals surface area contributed by atoms with Crippen LogP contribution in [0.15, 0.2) is 54.9 Å². The lowest BCUT2D eigenvalue weighted by Crippen LogP contribution is -2.30. The van der Waals surface area contributed by atoms with Gasteiger partial charge in [0.2, 0.25) is 0 Å². The first-order valence-electron chi connectivity index (χ1n) is 12.0. The van der Waals surface area contributed by atoms with E-state index in [1.54, 1.807) is 18.5 Å². The minimum atomic E-state index is -0.889. The maximum atomic E-state index is 11.5. The number of carboxylic acids is 1. The molecule has 0 saturated carbocycles. The first-order valence-corrected chi connectivity index (χ1v) is 12.0. The van der Waals surface area contributed by atoms with Gasteiger partial charge in [0.25, 0.3) is 0 Å². The molecule has 0 aliphatic carbocycles. The van der Waals surface area contributed by atoms with E-state index < -0.39 is 5.97 Å². The molecule has 1 fully saturated rings. The third-order valence-electron chi connectivity index (χ3n) is 7.13. The quantitative estimate of drug-likeness (QED) is 0.552. The van der Waals surface area contributed by atoms with Crippen molar-refractivity contribution in [3.63, 3.8) is 0 Å². The average Bonchev–Trinajstić information content (AvgIpc) is 3.37. The van der Waals surface area contributed by atoms with Crippen molar-refractivity contribution in [3.8, 4) is 11.1 Å². The number of aromatic carboxylic acids is 1. The van der Waals surface area contributed by atoms with Gasteiger partial charge in [0.05, 0.1) is 5.56 Å². The number of nitrogens with zero attached hydrogens (tertiary/aromatic N) is 2. The highest BCUT2D eigenvalue weighted by atomic mass is 16.4. The zero-order valence-electron chi connectivity index (χ0n) is 19.2. The maximum Gasteiger partial charge on any atom is 0.336 e. The van der Waals surface area contributed by atoms with Gasteiger partial charge in [0.15, 0.2) is 0 Å². The maximum absolute atomic E-state index is 11.5. The van der Waals surface area contributed by atoms with Crippen molar-refractivity contribution in [3.05, 3.63) is 82.7 Å². The Morgan fingerprint density at radius 1 is 1.15 bits per heavy atom. The van der Waals surface area contributed by atoms with Gasteiger partial charge in [-0.15, -0.1) is 0 Å². The Kier molecular flexibility index (Phi) is 6.14. The molecule has 5 heteroatoms. The van der Waals surface area contributed by atoms with E-state index in [0.29, 0.717) is 12.0 Å². The molecule has 2 aliphatic rings. The Bertz CT molecular complexity index is 1170. The van der Waals surface area contributed by atoms with Gasteiger partial charge in [-0.05, 0) is 97.2 Å². The van der Waals surface area contributed by atoms with Gasteiger partial charge in [0, 0.05) is 37.2 Å². The summed E-state index contributed by atoms with van der Waals surface area (Å²) in [7, 11) is 0. The molecular formula is C28H31N3O2. The monoisotopic (exact) mass is 441 g/mol. The molecule has 170 valence electrons. The van der Waals surface area contributed by atoms with E-state index in [1.807, 2.05) is 0 Å². The van der Waals surface area contributed by atoms with Gasteiger partial charge >= 0.3 is 5.97 Å². The molecule has 2 N–H and O–H groups in total. The summed E-state index contributed by atoms with van der Waals surface area (Å²) in [6.07, 6.45) is 8.36. The predicted molar refractivity (Wildman–Crippen MR) is 132 cm³/mol. The Balaban J connectivity index is 1.35. The Labute approximate surface area is 195 Å². The number of anilines is 1. The molecule has 0 bridgehead atoms. The van der Waals surface area contributed by atoms with Gasteiger partial charge < -0.3 is 15.3 Å². The average molecular weight is 442 g/mol. The first kappa shape index (κ1) is 21.7. The zero-order valence-corrected chi connectivity index (χ0v) is 19.2. The fraction of sp³-hybridized carbons (Fsp3) is 0.357. The summed E-state index contributed by atoms with van der Waals surface area (Å²) < 4.78 is 0. The van der Waals surface area contributed by atoms with Crippen LogP contribution in [0.2, 0.25) is 0 Å². The Morgan fingerprint density at radius 3 is 2.79 bits per heavy atom. The number of nitrogens with one attached hydrogen (secondary N) is 1. The molecule has 33 heavy (non-hydrogen) atoms. The number of aromatic nitrogens is 1. The molecule has 1 atom stereocenters. The Morgan fingerprint density at radius 2 is 2.00 bits per heavy atom. The standard InChI is InChI=1S/C28H31N3O2/c1-19-16-23(31-14-2-3-15-31)6-8-24(19)20-4-7-25-21(17-20)10-13-30-27(25)9-5-22-18-29-12-11-26(22)28(32)33/h4,6-8,11-12,16-18,27,30H,2-3,5,9-10,13-15H2,1H3,(H,32,33)/t27-/m1/s1. The third-order valence-corrected chi connectivity index (χ3v) is 7.13. The lowest BCUT2D eigenvalue weighted by molar-refractivity contribution is 0.0695. The van der Waals surface area contributed by atoms with Crippen molar-refractivity contribution in [2.24, 2.45) is 0 Å². The van der Waals surface area contributed by atoms with E-state index in [0.717, 1.165) is 24.9 Å². The number of carbonyl (C=O) groups is 1. The van der Waals surface area contributed by atoms with Crippen LogP contribution >= 0.6 is 0 Å². The summed E-state index contributed by atoms with van der Waals surface area (Å²) in [6, 6.07) is 15.5. The molecule has 5 rings (SSSR count). The van der Waals surface area contributed by atoms with Crippen LogP contribution in [0.4, 0.5) is 5.69 Å². The number of carboxylic acid groups (broad SMARTS) is 1.